The van der Waals surface area contributed by atoms with E-state index in [0.717, 1.165) is 7.11 Å². The number of carboxylic acid groups (broad SMARTS) is 1. The maximum atomic E-state index is 10.1. The molecule has 0 spiro atoms. The Morgan fingerprint density at radius 2 is 2.20 bits per heavy atom. The molecule has 0 aliphatic heterocycles. The van der Waals surface area contributed by atoms with Crippen LogP contribution in [0.5, 0.6) is 0 Å². The number of rotatable bonds is 4. The molecule has 0 aromatic heterocycles. The second-order valence-electron chi connectivity index (χ2n) is 1.74. The quantitative estimate of drug-likeness (QED) is 0.451. The summed E-state index contributed by atoms with van der Waals surface area (Å²) in [6.07, 6.45) is -2.70. The minimum Gasteiger partial charge on any atom is -0.479 e. The van der Waals surface area contributed by atoms with E-state index in [1.165, 1.54) is 0 Å². The zero-order chi connectivity index (χ0) is 8.15. The summed E-state index contributed by atoms with van der Waals surface area (Å²) in [7, 11) is 1.15. The van der Waals surface area contributed by atoms with Gasteiger partial charge >= 0.3 is 5.97 Å². The first-order chi connectivity index (χ1) is 4.63. The van der Waals surface area contributed by atoms with Crippen LogP contribution in [0.4, 0.5) is 0 Å². The van der Waals surface area contributed by atoms with Gasteiger partial charge in [0.25, 0.3) is 0 Å². The summed E-state index contributed by atoms with van der Waals surface area (Å²) < 4.78 is 4.35. The zero-order valence-corrected chi connectivity index (χ0v) is 5.52. The number of aliphatic hydroxyl groups is 2. The summed E-state index contributed by atoms with van der Waals surface area (Å²) in [5.41, 5.74) is 0. The van der Waals surface area contributed by atoms with Crippen LogP contribution < -0.4 is 0 Å². The lowest BCUT2D eigenvalue weighted by Crippen LogP contribution is -2.37. The first-order valence-corrected chi connectivity index (χ1v) is 2.68. The molecule has 0 fully saturated rings. The monoisotopic (exact) mass is 150 g/mol. The van der Waals surface area contributed by atoms with Crippen LogP contribution in [-0.4, -0.2) is 47.2 Å². The Morgan fingerprint density at radius 1 is 1.70 bits per heavy atom. The maximum absolute atomic E-state index is 10.1. The molecule has 0 aliphatic carbocycles. The third kappa shape index (κ3) is 2.30. The van der Waals surface area contributed by atoms with Gasteiger partial charge in [-0.1, -0.05) is 0 Å². The van der Waals surface area contributed by atoms with Crippen LogP contribution in [0.3, 0.4) is 0 Å². The van der Waals surface area contributed by atoms with Crippen molar-refractivity contribution in [1.29, 1.82) is 0 Å². The Hall–Kier alpha value is -0.650. The van der Waals surface area contributed by atoms with Crippen molar-refractivity contribution in [3.05, 3.63) is 0 Å². The fourth-order valence-electron chi connectivity index (χ4n) is 0.518. The molecule has 0 aromatic carbocycles. The molecular formula is C5H10O5. The third-order valence-corrected chi connectivity index (χ3v) is 1.03. The molecule has 0 saturated heterocycles. The van der Waals surface area contributed by atoms with E-state index in [1.807, 2.05) is 0 Å². The van der Waals surface area contributed by atoms with Crippen molar-refractivity contribution in [3.63, 3.8) is 0 Å². The van der Waals surface area contributed by atoms with Crippen molar-refractivity contribution < 1.29 is 24.9 Å². The molecule has 2 atom stereocenters. The molecule has 5 heteroatoms. The summed E-state index contributed by atoms with van der Waals surface area (Å²) in [6, 6.07) is 0. The minimum atomic E-state index is -1.36. The van der Waals surface area contributed by atoms with E-state index in [0.29, 0.717) is 0 Å². The van der Waals surface area contributed by atoms with E-state index < -0.39 is 24.8 Å². The molecule has 0 rings (SSSR count). The first-order valence-electron chi connectivity index (χ1n) is 2.68. The molecule has 60 valence electrons. The van der Waals surface area contributed by atoms with Crippen LogP contribution in [0.15, 0.2) is 0 Å². The Labute approximate surface area is 57.9 Å². The molecule has 3 N–H and O–H groups in total. The van der Waals surface area contributed by atoms with Crippen LogP contribution in [0.25, 0.3) is 0 Å². The maximum Gasteiger partial charge on any atom is 0.335 e. The predicted octanol–water partition coefficient (Wildman–Crippen LogP) is -1.56. The Morgan fingerprint density at radius 3 is 2.30 bits per heavy atom. The molecule has 5 nitrogen and oxygen atoms in total. The molecule has 10 heavy (non-hydrogen) atoms. The van der Waals surface area contributed by atoms with Gasteiger partial charge in [-0.25, -0.2) is 4.79 Å². The van der Waals surface area contributed by atoms with E-state index in [1.54, 1.807) is 0 Å². The number of aliphatic carboxylic acids is 1. The summed E-state index contributed by atoms with van der Waals surface area (Å²) in [4.78, 5) is 10.1. The average molecular weight is 150 g/mol. The topological polar surface area (TPSA) is 87.0 Å². The molecule has 0 aliphatic rings. The normalized spacial score (nSPS) is 16.3. The zero-order valence-electron chi connectivity index (χ0n) is 5.52. The summed E-state index contributed by atoms with van der Waals surface area (Å²) in [5.74, 6) is -1.29. The van der Waals surface area contributed by atoms with E-state index in [9.17, 15) is 4.79 Å². The van der Waals surface area contributed by atoms with Gasteiger partial charge in [-0.15, -0.1) is 0 Å². The highest BCUT2D eigenvalue weighted by molar-refractivity contribution is 5.73. The lowest BCUT2D eigenvalue weighted by molar-refractivity contribution is -0.157. The molecule has 0 heterocycles. The Balaban J connectivity index is 3.92. The summed E-state index contributed by atoms with van der Waals surface area (Å²) in [5, 5.41) is 25.3. The second-order valence-corrected chi connectivity index (χ2v) is 1.74. The van der Waals surface area contributed by atoms with Gasteiger partial charge in [0.05, 0.1) is 6.61 Å². The molecule has 0 aromatic rings. The molecule has 0 saturated carbocycles. The molecular weight excluding hydrogens is 140 g/mol. The fraction of sp³-hybridized carbons (Fsp3) is 0.800. The fourth-order valence-corrected chi connectivity index (χ4v) is 0.518. The number of carbonyl (C=O) groups is 1. The third-order valence-electron chi connectivity index (χ3n) is 1.03. The van der Waals surface area contributed by atoms with Crippen LogP contribution >= 0.6 is 0 Å². The van der Waals surface area contributed by atoms with E-state index in [4.69, 9.17) is 15.3 Å². The summed E-state index contributed by atoms with van der Waals surface area (Å²) in [6.45, 7) is -0.620. The highest BCUT2D eigenvalue weighted by Crippen LogP contribution is 1.96. The van der Waals surface area contributed by atoms with Crippen molar-refractivity contribution in [2.45, 2.75) is 12.2 Å². The smallest absolute Gasteiger partial charge is 0.335 e. The van der Waals surface area contributed by atoms with Gasteiger partial charge in [-0.05, 0) is 0 Å². The van der Waals surface area contributed by atoms with Crippen molar-refractivity contribution in [2.24, 2.45) is 0 Å². The minimum absolute atomic E-state index is 0.620. The van der Waals surface area contributed by atoms with Gasteiger partial charge in [-0.2, -0.15) is 0 Å². The van der Waals surface area contributed by atoms with Crippen LogP contribution in [0.1, 0.15) is 0 Å². The van der Waals surface area contributed by atoms with Crippen LogP contribution in [-0.2, 0) is 9.53 Å². The van der Waals surface area contributed by atoms with Crippen LogP contribution in [0, 0.1) is 0 Å². The van der Waals surface area contributed by atoms with Crippen molar-refractivity contribution in [3.8, 4) is 0 Å². The molecule has 0 unspecified atom stereocenters. The van der Waals surface area contributed by atoms with E-state index in [-0.39, 0.29) is 0 Å². The Kier molecular flexibility index (Phi) is 3.94. The highest BCUT2D eigenvalue weighted by atomic mass is 16.5. The highest BCUT2D eigenvalue weighted by Gasteiger charge is 2.24. The number of hydrogen-bond donors (Lipinski definition) is 3. The van der Waals surface area contributed by atoms with Crippen molar-refractivity contribution in [2.75, 3.05) is 13.7 Å². The number of aliphatic hydroxyl groups excluding tert-OH is 2. The SMILES string of the molecule is CO[C@@H](C(=O)O)[C@@H](O)CO. The van der Waals surface area contributed by atoms with Crippen LogP contribution in [0.2, 0.25) is 0 Å². The first kappa shape index (κ1) is 9.35. The van der Waals surface area contributed by atoms with Gasteiger partial charge in [0.15, 0.2) is 6.10 Å². The molecule has 0 radical (unpaired) electrons. The second kappa shape index (κ2) is 4.21. The Bertz CT molecular complexity index is 113. The number of hydrogen-bond acceptors (Lipinski definition) is 4. The number of carboxylic acids is 1. The van der Waals surface area contributed by atoms with Gasteiger partial charge in [0.2, 0.25) is 0 Å². The van der Waals surface area contributed by atoms with Gasteiger partial charge < -0.3 is 20.1 Å². The lowest BCUT2D eigenvalue weighted by Gasteiger charge is -2.14. The molecule has 0 bridgehead atoms. The van der Waals surface area contributed by atoms with Gasteiger partial charge in [-0.3, -0.25) is 0 Å². The largest absolute Gasteiger partial charge is 0.479 e. The van der Waals surface area contributed by atoms with Crippen molar-refractivity contribution >= 4 is 5.97 Å². The van der Waals surface area contributed by atoms with E-state index in [2.05, 4.69) is 4.74 Å². The standard InChI is InChI=1S/C5H10O5/c1-10-4(5(8)9)3(7)2-6/h3-4,6-7H,2H2,1H3,(H,8,9)/t3-,4+/m0/s1. The summed E-state index contributed by atoms with van der Waals surface area (Å²) >= 11 is 0. The van der Waals surface area contributed by atoms with Crippen molar-refractivity contribution in [1.82, 2.24) is 0 Å². The average Bonchev–Trinajstić information content (AvgIpc) is 1.88. The van der Waals surface area contributed by atoms with E-state index >= 15 is 0 Å². The molecule has 0 amide bonds. The number of methoxy groups -OCH3 is 1. The van der Waals surface area contributed by atoms with Gasteiger partial charge in [0, 0.05) is 7.11 Å². The predicted molar refractivity (Wildman–Crippen MR) is 31.5 cm³/mol. The lowest BCUT2D eigenvalue weighted by atomic mass is 10.2. The van der Waals surface area contributed by atoms with Gasteiger partial charge in [0.1, 0.15) is 6.10 Å². The number of ether oxygens (including phenoxy) is 1.